The van der Waals surface area contributed by atoms with E-state index in [-0.39, 0.29) is 12.5 Å². The normalized spacial score (nSPS) is 15.7. The van der Waals surface area contributed by atoms with Crippen LogP contribution >= 0.6 is 11.8 Å². The lowest BCUT2D eigenvalue weighted by Gasteiger charge is -2.29. The van der Waals surface area contributed by atoms with Crippen LogP contribution in [0.25, 0.3) is 0 Å². The third-order valence-electron chi connectivity index (χ3n) is 3.09. The van der Waals surface area contributed by atoms with E-state index >= 15 is 0 Å². The summed E-state index contributed by atoms with van der Waals surface area (Å²) in [6, 6.07) is 9.19. The van der Waals surface area contributed by atoms with Crippen LogP contribution in [0.3, 0.4) is 0 Å². The number of aliphatic hydroxyl groups excluding tert-OH is 1. The molecule has 0 saturated carbocycles. The van der Waals surface area contributed by atoms with Crippen LogP contribution in [-0.2, 0) is 10.3 Å². The topological polar surface area (TPSA) is 69.6 Å². The summed E-state index contributed by atoms with van der Waals surface area (Å²) in [6.45, 7) is 2.06. The summed E-state index contributed by atoms with van der Waals surface area (Å²) in [4.78, 5) is 11.7. The highest BCUT2D eigenvalue weighted by Crippen LogP contribution is 2.27. The first kappa shape index (κ1) is 16.0. The van der Waals surface area contributed by atoms with E-state index in [9.17, 15) is 9.90 Å². The first-order valence-electron chi connectivity index (χ1n) is 6.23. The molecule has 4 nitrogen and oxygen atoms in total. The van der Waals surface area contributed by atoms with E-state index in [1.165, 1.54) is 11.8 Å². The van der Waals surface area contributed by atoms with Crippen LogP contribution in [0.1, 0.15) is 12.5 Å². The number of likely N-dealkylation sites (N-methyl/N-ethyl adjacent to an activating group) is 1. The molecule has 0 aliphatic heterocycles. The number of carbonyl (C=O) groups is 1. The molecule has 0 bridgehead atoms. The van der Waals surface area contributed by atoms with Gasteiger partial charge < -0.3 is 15.5 Å². The third-order valence-corrected chi connectivity index (χ3v) is 4.53. The summed E-state index contributed by atoms with van der Waals surface area (Å²) < 4.78 is 0. The van der Waals surface area contributed by atoms with Crippen molar-refractivity contribution in [3.8, 4) is 0 Å². The molecule has 19 heavy (non-hydrogen) atoms. The van der Waals surface area contributed by atoms with Crippen LogP contribution in [-0.4, -0.2) is 41.3 Å². The number of rotatable bonds is 8. The van der Waals surface area contributed by atoms with Crippen LogP contribution in [0.15, 0.2) is 30.3 Å². The molecule has 0 aliphatic carbocycles. The van der Waals surface area contributed by atoms with Gasteiger partial charge in [-0.15, -0.1) is 0 Å². The van der Waals surface area contributed by atoms with E-state index in [0.717, 1.165) is 11.3 Å². The Balaban J connectivity index is 2.85. The predicted molar refractivity (Wildman–Crippen MR) is 78.4 cm³/mol. The lowest BCUT2D eigenvalue weighted by atomic mass is 9.92. The molecule has 2 unspecified atom stereocenters. The number of aliphatic carboxylic acids is 1. The standard InChI is InChI=1S/C14H21NO3S/c1-11(8-16)9-19-10-14(15-2,13(17)18)12-6-4-3-5-7-12/h3-7,11,15-16H,8-10H2,1-2H3,(H,17,18). The molecule has 0 aromatic heterocycles. The summed E-state index contributed by atoms with van der Waals surface area (Å²) in [5.74, 6) is 0.447. The van der Waals surface area contributed by atoms with Crippen molar-refractivity contribution in [3.63, 3.8) is 0 Å². The maximum atomic E-state index is 11.7. The highest BCUT2D eigenvalue weighted by atomic mass is 32.2. The molecule has 5 heteroatoms. The Morgan fingerprint density at radius 1 is 1.42 bits per heavy atom. The van der Waals surface area contributed by atoms with Crippen molar-refractivity contribution < 1.29 is 15.0 Å². The second kappa shape index (κ2) is 7.53. The molecule has 0 radical (unpaired) electrons. The number of hydrogen-bond donors (Lipinski definition) is 3. The Kier molecular flexibility index (Phi) is 6.34. The third kappa shape index (κ3) is 3.96. The van der Waals surface area contributed by atoms with E-state index in [4.69, 9.17) is 5.11 Å². The molecule has 0 amide bonds. The smallest absolute Gasteiger partial charge is 0.329 e. The van der Waals surface area contributed by atoms with Gasteiger partial charge in [-0.2, -0.15) is 11.8 Å². The molecular weight excluding hydrogens is 262 g/mol. The van der Waals surface area contributed by atoms with Gasteiger partial charge in [-0.1, -0.05) is 37.3 Å². The van der Waals surface area contributed by atoms with Gasteiger partial charge in [-0.05, 0) is 24.3 Å². The number of carboxylic acids is 1. The zero-order valence-corrected chi connectivity index (χ0v) is 12.1. The van der Waals surface area contributed by atoms with Crippen molar-refractivity contribution in [1.29, 1.82) is 0 Å². The molecule has 106 valence electrons. The van der Waals surface area contributed by atoms with Crippen LogP contribution in [0, 0.1) is 5.92 Å². The molecule has 0 spiro atoms. The fourth-order valence-corrected chi connectivity index (χ4v) is 3.15. The van der Waals surface area contributed by atoms with Crippen LogP contribution in [0.2, 0.25) is 0 Å². The fourth-order valence-electron chi connectivity index (χ4n) is 1.78. The molecule has 3 N–H and O–H groups in total. The van der Waals surface area contributed by atoms with Crippen molar-refractivity contribution in [2.24, 2.45) is 5.92 Å². The highest BCUT2D eigenvalue weighted by molar-refractivity contribution is 7.99. The zero-order chi connectivity index (χ0) is 14.3. The average molecular weight is 283 g/mol. The molecule has 1 aromatic carbocycles. The minimum Gasteiger partial charge on any atom is -0.480 e. The number of nitrogens with one attached hydrogen (secondary N) is 1. The summed E-state index contributed by atoms with van der Waals surface area (Å²) in [5.41, 5.74) is -0.338. The Labute approximate surface area is 118 Å². The average Bonchev–Trinajstić information content (AvgIpc) is 2.44. The fraction of sp³-hybridized carbons (Fsp3) is 0.500. The van der Waals surface area contributed by atoms with Gasteiger partial charge >= 0.3 is 5.97 Å². The Morgan fingerprint density at radius 3 is 2.53 bits per heavy atom. The van der Waals surface area contributed by atoms with Crippen LogP contribution in [0.4, 0.5) is 0 Å². The molecule has 1 rings (SSSR count). The van der Waals surface area contributed by atoms with E-state index in [1.54, 1.807) is 7.05 Å². The van der Waals surface area contributed by atoms with E-state index < -0.39 is 11.5 Å². The Morgan fingerprint density at radius 2 is 2.05 bits per heavy atom. The number of carboxylic acid groups (broad SMARTS) is 1. The van der Waals surface area contributed by atoms with E-state index in [2.05, 4.69) is 5.32 Å². The van der Waals surface area contributed by atoms with Gasteiger partial charge in [-0.25, -0.2) is 4.79 Å². The maximum absolute atomic E-state index is 11.7. The minimum atomic E-state index is -1.08. The first-order chi connectivity index (χ1) is 9.06. The number of benzene rings is 1. The van der Waals surface area contributed by atoms with Gasteiger partial charge in [0.2, 0.25) is 0 Å². The van der Waals surface area contributed by atoms with Gasteiger partial charge in [-0.3, -0.25) is 0 Å². The van der Waals surface area contributed by atoms with Crippen LogP contribution < -0.4 is 5.32 Å². The molecule has 0 heterocycles. The summed E-state index contributed by atoms with van der Waals surface area (Å²) >= 11 is 1.54. The minimum absolute atomic E-state index is 0.123. The van der Waals surface area contributed by atoms with Crippen molar-refractivity contribution in [2.45, 2.75) is 12.5 Å². The number of thioether (sulfide) groups is 1. The molecule has 0 saturated heterocycles. The lowest BCUT2D eigenvalue weighted by Crippen LogP contribution is -2.49. The molecule has 0 fully saturated rings. The quantitative estimate of drug-likeness (QED) is 0.675. The van der Waals surface area contributed by atoms with Gasteiger partial charge in [0.15, 0.2) is 5.54 Å². The molecule has 2 atom stereocenters. The highest BCUT2D eigenvalue weighted by Gasteiger charge is 2.38. The monoisotopic (exact) mass is 283 g/mol. The maximum Gasteiger partial charge on any atom is 0.329 e. The van der Waals surface area contributed by atoms with Crippen molar-refractivity contribution in [2.75, 3.05) is 25.2 Å². The van der Waals surface area contributed by atoms with Gasteiger partial charge in [0.25, 0.3) is 0 Å². The lowest BCUT2D eigenvalue weighted by molar-refractivity contribution is -0.144. The van der Waals surface area contributed by atoms with Gasteiger partial charge in [0.05, 0.1) is 0 Å². The molecule has 0 aliphatic rings. The summed E-state index contributed by atoms with van der Waals surface area (Å²) in [6.07, 6.45) is 0. The van der Waals surface area contributed by atoms with Crippen molar-refractivity contribution in [1.82, 2.24) is 5.32 Å². The zero-order valence-electron chi connectivity index (χ0n) is 11.3. The molecular formula is C14H21NO3S. The summed E-state index contributed by atoms with van der Waals surface area (Å²) in [7, 11) is 1.66. The van der Waals surface area contributed by atoms with Gasteiger partial charge in [0, 0.05) is 12.4 Å². The second-order valence-corrected chi connectivity index (χ2v) is 5.66. The second-order valence-electron chi connectivity index (χ2n) is 4.63. The van der Waals surface area contributed by atoms with Crippen molar-refractivity contribution >= 4 is 17.7 Å². The van der Waals surface area contributed by atoms with Gasteiger partial charge in [0.1, 0.15) is 0 Å². The van der Waals surface area contributed by atoms with Crippen LogP contribution in [0.5, 0.6) is 0 Å². The van der Waals surface area contributed by atoms with Crippen molar-refractivity contribution in [3.05, 3.63) is 35.9 Å². The largest absolute Gasteiger partial charge is 0.480 e. The SMILES string of the molecule is CNC(CSCC(C)CO)(C(=O)O)c1ccccc1. The number of aliphatic hydroxyl groups is 1. The summed E-state index contributed by atoms with van der Waals surface area (Å²) in [5, 5.41) is 21.5. The predicted octanol–water partition coefficient (Wildman–Crippen LogP) is 1.55. The first-order valence-corrected chi connectivity index (χ1v) is 7.38. The molecule has 1 aromatic rings. The Bertz CT molecular complexity index is 399. The number of hydrogen-bond acceptors (Lipinski definition) is 4. The Hall–Kier alpha value is -1.04. The van der Waals surface area contributed by atoms with E-state index in [1.807, 2.05) is 37.3 Å². The van der Waals surface area contributed by atoms with E-state index in [0.29, 0.717) is 5.75 Å².